The van der Waals surface area contributed by atoms with Gasteiger partial charge in [-0.05, 0) is 31.7 Å². The molecule has 0 aliphatic carbocycles. The minimum absolute atomic E-state index is 0.106. The van der Waals surface area contributed by atoms with E-state index in [0.717, 1.165) is 12.0 Å². The number of nitrogens with one attached hydrogen (secondary N) is 2. The zero-order valence-electron chi connectivity index (χ0n) is 17.8. The molecule has 1 atom stereocenters. The second-order valence-electron chi connectivity index (χ2n) is 6.71. The van der Waals surface area contributed by atoms with Crippen LogP contribution in [-0.2, 0) is 30.5 Å². The van der Waals surface area contributed by atoms with Crippen molar-refractivity contribution in [3.05, 3.63) is 48.0 Å². The molecule has 0 saturated carbocycles. The maximum Gasteiger partial charge on any atom is 0.407 e. The van der Waals surface area contributed by atoms with E-state index >= 15 is 0 Å². The fourth-order valence-corrected chi connectivity index (χ4v) is 2.56. The van der Waals surface area contributed by atoms with E-state index in [-0.39, 0.29) is 32.0 Å². The molecule has 0 fully saturated rings. The molecule has 0 unspecified atom stereocenters. The molecule has 1 aromatic carbocycles. The molecule has 1 rings (SSSR count). The molecule has 0 saturated heterocycles. The van der Waals surface area contributed by atoms with Crippen molar-refractivity contribution in [1.29, 1.82) is 0 Å². The summed E-state index contributed by atoms with van der Waals surface area (Å²) in [6, 6.07) is 8.49. The van der Waals surface area contributed by atoms with Crippen molar-refractivity contribution in [3.63, 3.8) is 0 Å². The lowest BCUT2D eigenvalue weighted by molar-refractivity contribution is -0.137. The highest BCUT2D eigenvalue weighted by atomic mass is 16.5. The predicted molar refractivity (Wildman–Crippen MR) is 115 cm³/mol. The third kappa shape index (κ3) is 12.7. The van der Waals surface area contributed by atoms with Gasteiger partial charge >= 0.3 is 12.1 Å². The van der Waals surface area contributed by atoms with Crippen LogP contribution in [0.5, 0.6) is 0 Å². The number of amides is 3. The van der Waals surface area contributed by atoms with Gasteiger partial charge in [0.1, 0.15) is 12.6 Å². The molecule has 0 aliphatic heterocycles. The zero-order valence-corrected chi connectivity index (χ0v) is 17.8. The van der Waals surface area contributed by atoms with E-state index in [1.807, 2.05) is 30.3 Å². The van der Waals surface area contributed by atoms with Crippen molar-refractivity contribution in [1.82, 2.24) is 10.6 Å². The van der Waals surface area contributed by atoms with Crippen LogP contribution in [0.2, 0.25) is 0 Å². The van der Waals surface area contributed by atoms with Gasteiger partial charge < -0.3 is 25.8 Å². The number of primary amides is 1. The lowest BCUT2D eigenvalue weighted by Gasteiger charge is -2.13. The lowest BCUT2D eigenvalue weighted by atomic mass is 10.1. The van der Waals surface area contributed by atoms with Crippen molar-refractivity contribution in [2.45, 2.75) is 51.7 Å². The molecule has 1 aromatic rings. The zero-order chi connectivity index (χ0) is 22.9. The Balaban J connectivity index is 2.14. The van der Waals surface area contributed by atoms with Gasteiger partial charge in [-0.15, -0.1) is 0 Å². The predicted octanol–water partition coefficient (Wildman–Crippen LogP) is 1.95. The maximum absolute atomic E-state index is 12.0. The summed E-state index contributed by atoms with van der Waals surface area (Å²) in [5.74, 6) is -1.50. The van der Waals surface area contributed by atoms with Crippen LogP contribution in [-0.4, -0.2) is 43.1 Å². The average Bonchev–Trinajstić information content (AvgIpc) is 2.74. The molecule has 9 heteroatoms. The van der Waals surface area contributed by atoms with Crippen molar-refractivity contribution < 1.29 is 28.7 Å². The van der Waals surface area contributed by atoms with E-state index < -0.39 is 24.0 Å². The molecular formula is C22H31N3O6. The topological polar surface area (TPSA) is 137 Å². The number of carbonyl (C=O) groups excluding carboxylic acids is 4. The highest BCUT2D eigenvalue weighted by Gasteiger charge is 2.16. The summed E-state index contributed by atoms with van der Waals surface area (Å²) in [5.41, 5.74) is 6.20. The van der Waals surface area contributed by atoms with E-state index in [1.165, 1.54) is 12.2 Å². The Morgan fingerprint density at radius 2 is 1.81 bits per heavy atom. The molecular weight excluding hydrogens is 402 g/mol. The molecule has 9 nitrogen and oxygen atoms in total. The van der Waals surface area contributed by atoms with Crippen molar-refractivity contribution in [2.75, 3.05) is 13.2 Å². The van der Waals surface area contributed by atoms with E-state index in [0.29, 0.717) is 19.4 Å². The Kier molecular flexibility index (Phi) is 12.8. The third-order valence-corrected chi connectivity index (χ3v) is 4.15. The standard InChI is InChI=1S/C22H31N3O6/c1-2-30-20(27)14-9-12-18(21(23)28)25-19(26)13-7-4-8-15-24-22(29)31-16-17-10-5-3-6-11-17/h3,5-6,9-11,14,18H,2,4,7-8,12-13,15-16H2,1H3,(H2,23,28)(H,24,29)(H,25,26)/b14-9+/t18-/m1/s1. The van der Waals surface area contributed by atoms with Gasteiger partial charge in [0.25, 0.3) is 0 Å². The molecule has 0 bridgehead atoms. The number of hydrogen-bond acceptors (Lipinski definition) is 6. The number of rotatable bonds is 14. The van der Waals surface area contributed by atoms with Gasteiger partial charge in [0, 0.05) is 19.0 Å². The van der Waals surface area contributed by atoms with Crippen LogP contribution in [0, 0.1) is 0 Å². The number of benzene rings is 1. The second-order valence-corrected chi connectivity index (χ2v) is 6.71. The first-order chi connectivity index (χ1) is 14.9. The number of ether oxygens (including phenoxy) is 2. The number of carbonyl (C=O) groups is 4. The Morgan fingerprint density at radius 1 is 1.06 bits per heavy atom. The normalized spacial score (nSPS) is 11.5. The Hall–Kier alpha value is -3.36. The van der Waals surface area contributed by atoms with Gasteiger partial charge in [0.05, 0.1) is 6.61 Å². The fourth-order valence-electron chi connectivity index (χ4n) is 2.56. The van der Waals surface area contributed by atoms with Crippen LogP contribution in [0.15, 0.2) is 42.5 Å². The smallest absolute Gasteiger partial charge is 0.407 e. The summed E-state index contributed by atoms with van der Waals surface area (Å²) in [4.78, 5) is 46.3. The number of hydrogen-bond donors (Lipinski definition) is 3. The lowest BCUT2D eigenvalue weighted by Crippen LogP contribution is -2.44. The van der Waals surface area contributed by atoms with Gasteiger partial charge in [-0.1, -0.05) is 42.8 Å². The average molecular weight is 434 g/mol. The molecule has 170 valence electrons. The number of nitrogens with two attached hydrogens (primary N) is 1. The Morgan fingerprint density at radius 3 is 2.48 bits per heavy atom. The van der Waals surface area contributed by atoms with Gasteiger partial charge in [-0.3, -0.25) is 9.59 Å². The quantitative estimate of drug-likeness (QED) is 0.233. The summed E-state index contributed by atoms with van der Waals surface area (Å²) in [5, 5.41) is 5.22. The molecule has 3 amide bonds. The van der Waals surface area contributed by atoms with Gasteiger partial charge in [0.15, 0.2) is 0 Å². The van der Waals surface area contributed by atoms with Crippen LogP contribution >= 0.6 is 0 Å². The van der Waals surface area contributed by atoms with Crippen LogP contribution in [0.25, 0.3) is 0 Å². The van der Waals surface area contributed by atoms with E-state index in [4.69, 9.17) is 15.2 Å². The summed E-state index contributed by atoms with van der Waals surface area (Å²) in [6.07, 6.45) is 4.49. The van der Waals surface area contributed by atoms with Gasteiger partial charge in [0.2, 0.25) is 11.8 Å². The SMILES string of the molecule is CCOC(=O)/C=C/C[C@@H](NC(=O)CCCCCNC(=O)OCc1ccccc1)C(N)=O. The summed E-state index contributed by atoms with van der Waals surface area (Å²) < 4.78 is 9.84. The summed E-state index contributed by atoms with van der Waals surface area (Å²) in [6.45, 7) is 2.59. The first kappa shape index (κ1) is 25.7. The van der Waals surface area contributed by atoms with E-state index in [9.17, 15) is 19.2 Å². The minimum Gasteiger partial charge on any atom is -0.463 e. The molecule has 0 heterocycles. The molecule has 0 spiro atoms. The summed E-state index contributed by atoms with van der Waals surface area (Å²) >= 11 is 0. The first-order valence-electron chi connectivity index (χ1n) is 10.3. The Labute approximate surface area is 182 Å². The van der Waals surface area contributed by atoms with Crippen LogP contribution in [0.3, 0.4) is 0 Å². The first-order valence-corrected chi connectivity index (χ1v) is 10.3. The largest absolute Gasteiger partial charge is 0.463 e. The minimum atomic E-state index is -0.890. The maximum atomic E-state index is 12.0. The summed E-state index contributed by atoms with van der Waals surface area (Å²) in [7, 11) is 0. The second kappa shape index (κ2) is 15.5. The van der Waals surface area contributed by atoms with Crippen molar-refractivity contribution in [2.24, 2.45) is 5.73 Å². The highest BCUT2D eigenvalue weighted by Crippen LogP contribution is 2.03. The van der Waals surface area contributed by atoms with Gasteiger partial charge in [-0.2, -0.15) is 0 Å². The molecule has 0 aromatic heterocycles. The highest BCUT2D eigenvalue weighted by molar-refractivity contribution is 5.87. The fraction of sp³-hybridized carbons (Fsp3) is 0.455. The third-order valence-electron chi connectivity index (χ3n) is 4.15. The van der Waals surface area contributed by atoms with Crippen molar-refractivity contribution >= 4 is 23.9 Å². The van der Waals surface area contributed by atoms with E-state index in [1.54, 1.807) is 6.92 Å². The molecule has 0 radical (unpaired) electrons. The molecule has 31 heavy (non-hydrogen) atoms. The van der Waals surface area contributed by atoms with E-state index in [2.05, 4.69) is 10.6 Å². The van der Waals surface area contributed by atoms with Gasteiger partial charge in [-0.25, -0.2) is 9.59 Å². The number of esters is 1. The monoisotopic (exact) mass is 433 g/mol. The Bertz CT molecular complexity index is 736. The number of unbranched alkanes of at least 4 members (excludes halogenated alkanes) is 2. The number of alkyl carbamates (subject to hydrolysis) is 1. The molecule has 0 aliphatic rings. The van der Waals surface area contributed by atoms with Crippen LogP contribution in [0.4, 0.5) is 4.79 Å². The van der Waals surface area contributed by atoms with Crippen LogP contribution < -0.4 is 16.4 Å². The van der Waals surface area contributed by atoms with Crippen LogP contribution in [0.1, 0.15) is 44.6 Å². The molecule has 4 N–H and O–H groups in total. The van der Waals surface area contributed by atoms with Crippen molar-refractivity contribution in [3.8, 4) is 0 Å².